The molecule has 5 nitrogen and oxygen atoms in total. The molecule has 2 atom stereocenters. The van der Waals surface area contributed by atoms with Crippen LogP contribution in [0.15, 0.2) is 24.3 Å². The fraction of sp³-hybridized carbons (Fsp3) is 0.467. The highest BCUT2D eigenvalue weighted by Gasteiger charge is 2.36. The van der Waals surface area contributed by atoms with Crippen LogP contribution < -0.4 is 5.73 Å². The zero-order valence-corrected chi connectivity index (χ0v) is 11.6. The summed E-state index contributed by atoms with van der Waals surface area (Å²) in [5.74, 6) is -1.30. The Morgan fingerprint density at radius 2 is 1.95 bits per heavy atom. The molecule has 1 saturated heterocycles. The molecule has 1 aromatic carbocycles. The first-order valence-corrected chi connectivity index (χ1v) is 6.80. The van der Waals surface area contributed by atoms with Gasteiger partial charge in [0.1, 0.15) is 0 Å². The Bertz CT molecular complexity index is 516. The van der Waals surface area contributed by atoms with Crippen LogP contribution in [0, 0.1) is 11.8 Å². The van der Waals surface area contributed by atoms with Crippen molar-refractivity contribution in [2.24, 2.45) is 17.6 Å². The van der Waals surface area contributed by atoms with Crippen molar-refractivity contribution < 1.29 is 14.7 Å². The van der Waals surface area contributed by atoms with Crippen molar-refractivity contribution in [2.75, 3.05) is 13.1 Å². The summed E-state index contributed by atoms with van der Waals surface area (Å²) in [5, 5.41) is 9.10. The van der Waals surface area contributed by atoms with E-state index in [-0.39, 0.29) is 18.2 Å². The highest BCUT2D eigenvalue weighted by atomic mass is 16.4. The van der Waals surface area contributed by atoms with Crippen LogP contribution >= 0.6 is 0 Å². The van der Waals surface area contributed by atoms with Crippen molar-refractivity contribution in [3.05, 3.63) is 35.4 Å². The third-order valence-electron chi connectivity index (χ3n) is 3.96. The van der Waals surface area contributed by atoms with E-state index in [4.69, 9.17) is 10.8 Å². The summed E-state index contributed by atoms with van der Waals surface area (Å²) in [6, 6.07) is 7.59. The Hall–Kier alpha value is -1.88. The van der Waals surface area contributed by atoms with Gasteiger partial charge in [0.2, 0.25) is 5.91 Å². The standard InChI is InChI=1S/C15H20N2O3/c1-10-8-17(9-13(10)15(19)20)14(18)6-11-4-2-3-5-12(11)7-16/h2-5,10,13H,6-9,16H2,1H3,(H,19,20). The SMILES string of the molecule is CC1CN(C(=O)Cc2ccccc2CN)CC1C(=O)O. The molecule has 1 aliphatic heterocycles. The van der Waals surface area contributed by atoms with Gasteiger partial charge in [0, 0.05) is 19.6 Å². The normalized spacial score (nSPS) is 22.0. The van der Waals surface area contributed by atoms with Gasteiger partial charge in [-0.1, -0.05) is 31.2 Å². The zero-order chi connectivity index (χ0) is 14.7. The monoisotopic (exact) mass is 276 g/mol. The third kappa shape index (κ3) is 2.99. The molecule has 108 valence electrons. The van der Waals surface area contributed by atoms with Gasteiger partial charge in [0.25, 0.3) is 0 Å². The second-order valence-corrected chi connectivity index (χ2v) is 5.37. The molecular weight excluding hydrogens is 256 g/mol. The topological polar surface area (TPSA) is 83.6 Å². The van der Waals surface area contributed by atoms with E-state index in [0.29, 0.717) is 19.6 Å². The Balaban J connectivity index is 2.04. The van der Waals surface area contributed by atoms with Gasteiger partial charge in [0.15, 0.2) is 0 Å². The number of nitrogens with zero attached hydrogens (tertiary/aromatic N) is 1. The Labute approximate surface area is 118 Å². The van der Waals surface area contributed by atoms with Crippen molar-refractivity contribution in [1.82, 2.24) is 4.90 Å². The zero-order valence-electron chi connectivity index (χ0n) is 11.6. The molecule has 1 heterocycles. The van der Waals surface area contributed by atoms with Crippen molar-refractivity contribution in [3.63, 3.8) is 0 Å². The fourth-order valence-electron chi connectivity index (χ4n) is 2.70. The molecular formula is C15H20N2O3. The number of carboxylic acid groups (broad SMARTS) is 1. The predicted molar refractivity (Wildman–Crippen MR) is 74.9 cm³/mol. The molecule has 0 aromatic heterocycles. The first-order valence-electron chi connectivity index (χ1n) is 6.80. The van der Waals surface area contributed by atoms with Gasteiger partial charge in [-0.25, -0.2) is 0 Å². The van der Waals surface area contributed by atoms with Crippen LogP contribution in [0.25, 0.3) is 0 Å². The van der Waals surface area contributed by atoms with Crippen LogP contribution in [0.1, 0.15) is 18.1 Å². The van der Waals surface area contributed by atoms with Crippen molar-refractivity contribution in [1.29, 1.82) is 0 Å². The lowest BCUT2D eigenvalue weighted by atomic mass is 9.99. The number of aliphatic carboxylic acids is 1. The molecule has 3 N–H and O–H groups in total. The van der Waals surface area contributed by atoms with Crippen LogP contribution in [-0.4, -0.2) is 35.0 Å². The number of nitrogens with two attached hydrogens (primary N) is 1. The molecule has 5 heteroatoms. The molecule has 2 rings (SSSR count). The molecule has 1 aromatic rings. The molecule has 0 aliphatic carbocycles. The van der Waals surface area contributed by atoms with Gasteiger partial charge in [-0.15, -0.1) is 0 Å². The first kappa shape index (κ1) is 14.5. The Kier molecular flexibility index (Phi) is 4.39. The van der Waals surface area contributed by atoms with E-state index in [0.717, 1.165) is 11.1 Å². The summed E-state index contributed by atoms with van der Waals surface area (Å²) in [6.07, 6.45) is 0.284. The minimum absolute atomic E-state index is 0.00111. The lowest BCUT2D eigenvalue weighted by Gasteiger charge is -2.17. The van der Waals surface area contributed by atoms with E-state index in [1.807, 2.05) is 31.2 Å². The van der Waals surface area contributed by atoms with Crippen LogP contribution in [0.4, 0.5) is 0 Å². The second-order valence-electron chi connectivity index (χ2n) is 5.37. The van der Waals surface area contributed by atoms with Gasteiger partial charge in [-0.2, -0.15) is 0 Å². The van der Waals surface area contributed by atoms with E-state index in [2.05, 4.69) is 0 Å². The third-order valence-corrected chi connectivity index (χ3v) is 3.96. The molecule has 0 radical (unpaired) electrons. The molecule has 1 fully saturated rings. The highest BCUT2D eigenvalue weighted by Crippen LogP contribution is 2.24. The molecule has 2 unspecified atom stereocenters. The van der Waals surface area contributed by atoms with Crippen molar-refractivity contribution in [2.45, 2.75) is 19.9 Å². The van der Waals surface area contributed by atoms with Gasteiger partial charge < -0.3 is 15.7 Å². The summed E-state index contributed by atoms with van der Waals surface area (Å²) in [4.78, 5) is 25.0. The summed E-state index contributed by atoms with van der Waals surface area (Å²) in [5.41, 5.74) is 7.54. The summed E-state index contributed by atoms with van der Waals surface area (Å²) < 4.78 is 0. The quantitative estimate of drug-likeness (QED) is 0.854. The number of carbonyl (C=O) groups is 2. The van der Waals surface area contributed by atoms with Crippen molar-refractivity contribution >= 4 is 11.9 Å². The summed E-state index contributed by atoms with van der Waals surface area (Å²) in [7, 11) is 0. The number of likely N-dealkylation sites (tertiary alicyclic amines) is 1. The Morgan fingerprint density at radius 1 is 1.30 bits per heavy atom. The molecule has 0 spiro atoms. The minimum Gasteiger partial charge on any atom is -0.481 e. The molecule has 0 bridgehead atoms. The predicted octanol–water partition coefficient (Wildman–Crippen LogP) is 0.867. The maximum absolute atomic E-state index is 12.3. The smallest absolute Gasteiger partial charge is 0.308 e. The van der Waals surface area contributed by atoms with Gasteiger partial charge in [-0.3, -0.25) is 9.59 Å². The van der Waals surface area contributed by atoms with E-state index in [1.54, 1.807) is 4.90 Å². The molecule has 1 amide bonds. The molecule has 20 heavy (non-hydrogen) atoms. The van der Waals surface area contributed by atoms with E-state index in [9.17, 15) is 9.59 Å². The van der Waals surface area contributed by atoms with Gasteiger partial charge in [0.05, 0.1) is 12.3 Å². The number of carbonyl (C=O) groups excluding carboxylic acids is 1. The van der Waals surface area contributed by atoms with Crippen LogP contribution in [0.2, 0.25) is 0 Å². The Morgan fingerprint density at radius 3 is 2.50 bits per heavy atom. The molecule has 1 aliphatic rings. The van der Waals surface area contributed by atoms with Crippen LogP contribution in [0.5, 0.6) is 0 Å². The lowest BCUT2D eigenvalue weighted by molar-refractivity contribution is -0.142. The van der Waals surface area contributed by atoms with E-state index >= 15 is 0 Å². The largest absolute Gasteiger partial charge is 0.481 e. The number of benzene rings is 1. The fourth-order valence-corrected chi connectivity index (χ4v) is 2.70. The van der Waals surface area contributed by atoms with Gasteiger partial charge >= 0.3 is 5.97 Å². The van der Waals surface area contributed by atoms with Crippen molar-refractivity contribution in [3.8, 4) is 0 Å². The average Bonchev–Trinajstić information content (AvgIpc) is 2.81. The number of hydrogen-bond acceptors (Lipinski definition) is 3. The maximum atomic E-state index is 12.3. The van der Waals surface area contributed by atoms with E-state index < -0.39 is 11.9 Å². The highest BCUT2D eigenvalue weighted by molar-refractivity contribution is 5.81. The summed E-state index contributed by atoms with van der Waals surface area (Å²) >= 11 is 0. The van der Waals surface area contributed by atoms with Crippen LogP contribution in [-0.2, 0) is 22.6 Å². The maximum Gasteiger partial charge on any atom is 0.308 e. The number of amides is 1. The number of rotatable bonds is 4. The average molecular weight is 276 g/mol. The minimum atomic E-state index is -0.824. The summed E-state index contributed by atoms with van der Waals surface area (Å²) in [6.45, 7) is 3.10. The van der Waals surface area contributed by atoms with E-state index in [1.165, 1.54) is 0 Å². The second kappa shape index (κ2) is 6.05. The van der Waals surface area contributed by atoms with Crippen LogP contribution in [0.3, 0.4) is 0 Å². The number of hydrogen-bond donors (Lipinski definition) is 2. The van der Waals surface area contributed by atoms with Gasteiger partial charge in [-0.05, 0) is 17.0 Å². The lowest BCUT2D eigenvalue weighted by Crippen LogP contribution is -2.31. The molecule has 0 saturated carbocycles. The first-order chi connectivity index (χ1) is 9.52. The number of carboxylic acids is 1.